The smallest absolute Gasteiger partial charge is 0.176 e. The molecule has 5 heteroatoms. The molecule has 0 spiro atoms. The van der Waals surface area contributed by atoms with Crippen LogP contribution in [0.5, 0.6) is 5.75 Å². The van der Waals surface area contributed by atoms with Gasteiger partial charge in [-0.1, -0.05) is 29.3 Å². The molecular weight excluding hydrogens is 327 g/mol. The van der Waals surface area contributed by atoms with Gasteiger partial charge in [0.05, 0.1) is 28.5 Å². The molecule has 2 aromatic rings. The molecule has 0 fully saturated rings. The Hall–Kier alpha value is -1.16. The summed E-state index contributed by atoms with van der Waals surface area (Å²) < 4.78 is 5.27. The average molecular weight is 341 g/mol. The Balaban J connectivity index is 2.09. The maximum atomic E-state index is 12.3. The summed E-state index contributed by atoms with van der Waals surface area (Å²) in [6, 6.07) is 10.9. The Bertz CT molecular complexity index is 671. The first-order chi connectivity index (χ1) is 10.0. The van der Waals surface area contributed by atoms with E-state index in [-0.39, 0.29) is 5.78 Å². The number of carbonyl (C=O) groups excluding carboxylic acids is 1. The number of aryl methyl sites for hydroxylation is 1. The van der Waals surface area contributed by atoms with Gasteiger partial charge < -0.3 is 4.74 Å². The van der Waals surface area contributed by atoms with Gasteiger partial charge in [-0.2, -0.15) is 0 Å². The predicted molar refractivity (Wildman–Crippen MR) is 89.2 cm³/mol. The zero-order valence-corrected chi connectivity index (χ0v) is 14.0. The first-order valence-corrected chi connectivity index (χ1v) is 8.01. The average Bonchev–Trinajstić information content (AvgIpc) is 2.48. The number of Topliss-reactive ketones (excluding diaryl/α,β-unsaturated/α-hetero) is 1. The Kier molecular flexibility index (Phi) is 5.57. The molecule has 2 rings (SSSR count). The monoisotopic (exact) mass is 340 g/mol. The zero-order valence-electron chi connectivity index (χ0n) is 11.7. The van der Waals surface area contributed by atoms with Crippen LogP contribution in [0.15, 0.2) is 41.3 Å². The van der Waals surface area contributed by atoms with E-state index in [1.54, 1.807) is 25.3 Å². The van der Waals surface area contributed by atoms with Crippen LogP contribution < -0.4 is 4.74 Å². The van der Waals surface area contributed by atoms with E-state index in [0.717, 1.165) is 10.5 Å². The fourth-order valence-electron chi connectivity index (χ4n) is 1.82. The molecule has 0 bridgehead atoms. The third-order valence-corrected chi connectivity index (χ3v) is 4.65. The number of carbonyl (C=O) groups is 1. The molecule has 21 heavy (non-hydrogen) atoms. The van der Waals surface area contributed by atoms with E-state index in [1.807, 2.05) is 25.1 Å². The van der Waals surface area contributed by atoms with Crippen molar-refractivity contribution in [1.82, 2.24) is 0 Å². The van der Waals surface area contributed by atoms with Crippen LogP contribution in [-0.4, -0.2) is 18.6 Å². The third-order valence-electron chi connectivity index (χ3n) is 2.92. The first kappa shape index (κ1) is 16.2. The van der Waals surface area contributed by atoms with Crippen LogP contribution in [0.25, 0.3) is 0 Å². The summed E-state index contributed by atoms with van der Waals surface area (Å²) in [5.41, 5.74) is 1.65. The molecular formula is C16H14Cl2O2S. The normalized spacial score (nSPS) is 10.5. The molecule has 0 aliphatic carbocycles. The highest BCUT2D eigenvalue weighted by molar-refractivity contribution is 8.00. The minimum Gasteiger partial charge on any atom is -0.496 e. The Morgan fingerprint density at radius 1 is 1.14 bits per heavy atom. The molecule has 0 radical (unpaired) electrons. The quantitative estimate of drug-likeness (QED) is 0.546. The van der Waals surface area contributed by atoms with Crippen LogP contribution in [-0.2, 0) is 0 Å². The van der Waals surface area contributed by atoms with Crippen LogP contribution in [0.4, 0.5) is 0 Å². The van der Waals surface area contributed by atoms with Gasteiger partial charge in [0.15, 0.2) is 5.78 Å². The van der Waals surface area contributed by atoms with E-state index in [9.17, 15) is 4.79 Å². The van der Waals surface area contributed by atoms with E-state index < -0.39 is 0 Å². The van der Waals surface area contributed by atoms with E-state index in [0.29, 0.717) is 27.1 Å². The molecule has 0 atom stereocenters. The fourth-order valence-corrected chi connectivity index (χ4v) is 3.00. The lowest BCUT2D eigenvalue weighted by molar-refractivity contribution is 0.101. The van der Waals surface area contributed by atoms with Gasteiger partial charge in [-0.05, 0) is 42.8 Å². The second-order valence-corrected chi connectivity index (χ2v) is 6.35. The number of halogens is 2. The molecule has 0 heterocycles. The number of hydrogen-bond donors (Lipinski definition) is 0. The summed E-state index contributed by atoms with van der Waals surface area (Å²) in [7, 11) is 1.57. The molecule has 2 aromatic carbocycles. The molecule has 110 valence electrons. The summed E-state index contributed by atoms with van der Waals surface area (Å²) >= 11 is 13.3. The van der Waals surface area contributed by atoms with Crippen LogP contribution in [0, 0.1) is 6.92 Å². The lowest BCUT2D eigenvalue weighted by Gasteiger charge is -2.08. The van der Waals surface area contributed by atoms with Gasteiger partial charge in [-0.3, -0.25) is 4.79 Å². The van der Waals surface area contributed by atoms with Crippen LogP contribution >= 0.6 is 35.0 Å². The fraction of sp³-hybridized carbons (Fsp3) is 0.188. The summed E-state index contributed by atoms with van der Waals surface area (Å²) in [4.78, 5) is 13.2. The highest BCUT2D eigenvalue weighted by atomic mass is 35.5. The van der Waals surface area contributed by atoms with Crippen molar-refractivity contribution >= 4 is 40.7 Å². The molecule has 0 N–H and O–H groups in total. The van der Waals surface area contributed by atoms with Crippen molar-refractivity contribution in [2.24, 2.45) is 0 Å². The highest BCUT2D eigenvalue weighted by Crippen LogP contribution is 2.29. The third kappa shape index (κ3) is 4.16. The Labute approximate surface area is 138 Å². The second kappa shape index (κ2) is 7.21. The molecule has 0 saturated carbocycles. The molecule has 0 aliphatic heterocycles. The topological polar surface area (TPSA) is 26.3 Å². The highest BCUT2D eigenvalue weighted by Gasteiger charge is 2.13. The predicted octanol–water partition coefficient (Wildman–Crippen LogP) is 5.29. The maximum Gasteiger partial charge on any atom is 0.176 e. The van der Waals surface area contributed by atoms with Gasteiger partial charge >= 0.3 is 0 Å². The van der Waals surface area contributed by atoms with Gasteiger partial charge in [0, 0.05) is 4.90 Å². The van der Waals surface area contributed by atoms with Crippen LogP contribution in [0.1, 0.15) is 15.9 Å². The van der Waals surface area contributed by atoms with Crippen molar-refractivity contribution in [3.63, 3.8) is 0 Å². The van der Waals surface area contributed by atoms with E-state index in [4.69, 9.17) is 27.9 Å². The van der Waals surface area contributed by atoms with Crippen molar-refractivity contribution in [2.45, 2.75) is 11.8 Å². The minimum atomic E-state index is 0.0166. The summed E-state index contributed by atoms with van der Waals surface area (Å²) in [6.45, 7) is 1.96. The number of thioether (sulfide) groups is 1. The lowest BCUT2D eigenvalue weighted by atomic mass is 10.1. The van der Waals surface area contributed by atoms with Gasteiger partial charge in [0.2, 0.25) is 0 Å². The summed E-state index contributed by atoms with van der Waals surface area (Å²) in [5, 5.41) is 0.995. The van der Waals surface area contributed by atoms with Crippen molar-refractivity contribution in [3.05, 3.63) is 57.6 Å². The Morgan fingerprint density at radius 2 is 1.90 bits per heavy atom. The van der Waals surface area contributed by atoms with Gasteiger partial charge in [0.25, 0.3) is 0 Å². The largest absolute Gasteiger partial charge is 0.496 e. The minimum absolute atomic E-state index is 0.0166. The lowest BCUT2D eigenvalue weighted by Crippen LogP contribution is -2.05. The Morgan fingerprint density at radius 3 is 2.57 bits per heavy atom. The number of ether oxygens (including phenoxy) is 1. The van der Waals surface area contributed by atoms with Crippen molar-refractivity contribution in [3.8, 4) is 5.75 Å². The zero-order chi connectivity index (χ0) is 15.4. The SMILES string of the molecule is COc1cc(C)ccc1C(=O)CSc1ccc(Cl)c(Cl)c1. The summed E-state index contributed by atoms with van der Waals surface area (Å²) in [5.74, 6) is 0.940. The van der Waals surface area contributed by atoms with Crippen molar-refractivity contribution < 1.29 is 9.53 Å². The van der Waals surface area contributed by atoms with Gasteiger partial charge in [-0.15, -0.1) is 11.8 Å². The first-order valence-electron chi connectivity index (χ1n) is 6.27. The molecule has 0 aromatic heterocycles. The van der Waals surface area contributed by atoms with E-state index in [2.05, 4.69) is 0 Å². The van der Waals surface area contributed by atoms with Gasteiger partial charge in [0.1, 0.15) is 5.75 Å². The van der Waals surface area contributed by atoms with Gasteiger partial charge in [-0.25, -0.2) is 0 Å². The maximum absolute atomic E-state index is 12.3. The van der Waals surface area contributed by atoms with Crippen LogP contribution in [0.2, 0.25) is 10.0 Å². The molecule has 0 amide bonds. The molecule has 0 saturated heterocycles. The van der Waals surface area contributed by atoms with Crippen molar-refractivity contribution in [1.29, 1.82) is 0 Å². The molecule has 0 aliphatic rings. The number of hydrogen-bond acceptors (Lipinski definition) is 3. The standard InChI is InChI=1S/C16H14Cl2O2S/c1-10-3-5-12(16(7-10)20-2)15(19)9-21-11-4-6-13(17)14(18)8-11/h3-8H,9H2,1-2H3. The number of benzene rings is 2. The molecule has 0 unspecified atom stereocenters. The summed E-state index contributed by atoms with van der Waals surface area (Å²) in [6.07, 6.45) is 0. The second-order valence-electron chi connectivity index (χ2n) is 4.49. The molecule has 2 nitrogen and oxygen atoms in total. The number of rotatable bonds is 5. The van der Waals surface area contributed by atoms with E-state index in [1.165, 1.54) is 11.8 Å². The van der Waals surface area contributed by atoms with Crippen LogP contribution in [0.3, 0.4) is 0 Å². The van der Waals surface area contributed by atoms with E-state index >= 15 is 0 Å². The van der Waals surface area contributed by atoms with Crippen molar-refractivity contribution in [2.75, 3.05) is 12.9 Å². The number of ketones is 1. The number of methoxy groups -OCH3 is 1.